The second-order valence-corrected chi connectivity index (χ2v) is 34.6. The molecule has 0 amide bonds. The van der Waals surface area contributed by atoms with Crippen molar-refractivity contribution in [1.82, 2.24) is 49.4 Å². The molecule has 0 radical (unpaired) electrons. The van der Waals surface area contributed by atoms with Gasteiger partial charge in [0.15, 0.2) is 47.5 Å². The molecular weight excluding hydrogens is 1810 g/mol. The number of ether oxygens (including phenoxy) is 8. The van der Waals surface area contributed by atoms with Crippen LogP contribution in [-0.2, 0) is 69.1 Å². The first-order valence-corrected chi connectivity index (χ1v) is 46.0. The third kappa shape index (κ3) is 30.2. The van der Waals surface area contributed by atoms with Crippen LogP contribution in [0.3, 0.4) is 0 Å². The number of nitrogens with one attached hydrogen (secondary N) is 6. The zero-order chi connectivity index (χ0) is 99.7. The van der Waals surface area contributed by atoms with Gasteiger partial charge in [0, 0.05) is 95.1 Å². The lowest BCUT2D eigenvalue weighted by atomic mass is 10.0. The van der Waals surface area contributed by atoms with Gasteiger partial charge in [0.25, 0.3) is 16.7 Å². The highest BCUT2D eigenvalue weighted by molar-refractivity contribution is 6.28. The molecule has 8 heterocycles. The summed E-state index contributed by atoms with van der Waals surface area (Å²) in [5.74, 6) is -4.22. The van der Waals surface area contributed by atoms with E-state index in [1.165, 1.54) is 40.5 Å². The van der Waals surface area contributed by atoms with Crippen LogP contribution in [0.5, 0.6) is 23.3 Å². The van der Waals surface area contributed by atoms with E-state index in [-0.39, 0.29) is 53.3 Å². The summed E-state index contributed by atoms with van der Waals surface area (Å²) in [6, 6.07) is 42.8. The Bertz CT molecular complexity index is 6600. The molecular formula is C105H115ClF6N14O13. The molecule has 2 fully saturated rings. The van der Waals surface area contributed by atoms with Gasteiger partial charge in [-0.25, -0.2) is 46.3 Å². The van der Waals surface area contributed by atoms with Gasteiger partial charge in [-0.15, -0.1) is 0 Å². The zero-order valence-electron chi connectivity index (χ0n) is 80.1. The molecule has 2 atom stereocenters. The number of benzene rings is 8. The van der Waals surface area contributed by atoms with E-state index in [4.69, 9.17) is 54.5 Å². The number of carbonyl (C=O) groups is 1. The number of aliphatic hydroxyl groups excluding tert-OH is 1. The number of anilines is 8. The Morgan fingerprint density at radius 1 is 0.460 bits per heavy atom. The van der Waals surface area contributed by atoms with Gasteiger partial charge in [-0.2, -0.15) is 15.0 Å². The van der Waals surface area contributed by atoms with Crippen LogP contribution in [0.15, 0.2) is 166 Å². The molecule has 34 heteroatoms. The number of aliphatic hydroxyl groups is 1. The van der Waals surface area contributed by atoms with Crippen LogP contribution in [0.2, 0.25) is 5.28 Å². The Morgan fingerprint density at radius 2 is 0.863 bits per heavy atom. The molecule has 3 aliphatic rings. The number of aldehydes is 1. The molecule has 2 saturated heterocycles. The van der Waals surface area contributed by atoms with Crippen molar-refractivity contribution in [2.45, 2.75) is 198 Å². The van der Waals surface area contributed by atoms with Crippen LogP contribution in [0, 0.1) is 118 Å². The van der Waals surface area contributed by atoms with Crippen molar-refractivity contribution in [1.29, 1.82) is 0 Å². The number of hydrogen-bond acceptors (Lipinski definition) is 24. The second-order valence-electron chi connectivity index (χ2n) is 34.3. The van der Waals surface area contributed by atoms with E-state index in [1.54, 1.807) is 24.9 Å². The van der Waals surface area contributed by atoms with Gasteiger partial charge in [0.2, 0.25) is 40.8 Å². The lowest BCUT2D eigenvalue weighted by Crippen LogP contribution is -2.25. The van der Waals surface area contributed by atoms with Gasteiger partial charge in [-0.3, -0.25) is 24.4 Å². The quantitative estimate of drug-likeness (QED) is 0.00951. The highest BCUT2D eigenvalue weighted by atomic mass is 35.5. The monoisotopic (exact) mass is 1930 g/mol. The summed E-state index contributed by atoms with van der Waals surface area (Å²) >= 11 is 6.01. The van der Waals surface area contributed by atoms with Crippen molar-refractivity contribution >= 4 is 64.4 Å². The number of hydrogen-bond donors (Lipinski definition) is 7. The van der Waals surface area contributed by atoms with Crippen LogP contribution in [-0.4, -0.2) is 114 Å². The van der Waals surface area contributed by atoms with Crippen LogP contribution < -0.4 is 56.9 Å². The maximum Gasteiger partial charge on any atom is 0.274 e. The minimum atomic E-state index is -1.58. The molecule has 0 spiro atoms. The molecule has 0 bridgehead atoms. The zero-order valence-corrected chi connectivity index (χ0v) is 80.9. The summed E-state index contributed by atoms with van der Waals surface area (Å²) in [5.41, 5.74) is 21.7. The third-order valence-electron chi connectivity index (χ3n) is 23.6. The molecule has 13 aromatic rings. The molecule has 8 aromatic carbocycles. The number of halogens is 7. The van der Waals surface area contributed by atoms with Crippen LogP contribution in [0.4, 0.5) is 72.9 Å². The van der Waals surface area contributed by atoms with Crippen LogP contribution in [0.25, 0.3) is 0 Å². The van der Waals surface area contributed by atoms with Gasteiger partial charge < -0.3 is 73.6 Å². The van der Waals surface area contributed by atoms with E-state index in [0.29, 0.717) is 104 Å². The fourth-order valence-electron chi connectivity index (χ4n) is 15.4. The summed E-state index contributed by atoms with van der Waals surface area (Å²) in [6.07, 6.45) is 6.06. The van der Waals surface area contributed by atoms with Crippen molar-refractivity contribution in [3.05, 3.63) is 340 Å². The number of rotatable bonds is 30. The fraction of sp³-hybridized carbons (Fsp3) is 0.343. The maximum atomic E-state index is 13.8. The summed E-state index contributed by atoms with van der Waals surface area (Å²) in [7, 11) is 3.29. The number of aromatic amines is 2. The number of aryl methyl sites for hydroxylation is 17. The molecule has 732 valence electrons. The minimum absolute atomic E-state index is 0.0447. The van der Waals surface area contributed by atoms with Crippen molar-refractivity contribution in [2.24, 2.45) is 0 Å². The molecule has 139 heavy (non-hydrogen) atoms. The van der Waals surface area contributed by atoms with Crippen molar-refractivity contribution in [3.63, 3.8) is 0 Å². The first kappa shape index (κ1) is 104. The van der Waals surface area contributed by atoms with Crippen molar-refractivity contribution < 1.29 is 74.1 Å². The van der Waals surface area contributed by atoms with E-state index in [9.17, 15) is 50.6 Å². The number of methoxy groups -OCH3 is 2. The van der Waals surface area contributed by atoms with Gasteiger partial charge >= 0.3 is 0 Å². The Kier molecular flexibility index (Phi) is 37.1. The molecule has 3 aliphatic heterocycles. The molecule has 0 aliphatic carbocycles. The van der Waals surface area contributed by atoms with Crippen LogP contribution >= 0.6 is 11.6 Å². The summed E-state index contributed by atoms with van der Waals surface area (Å²) in [5, 5.41) is 23.2. The van der Waals surface area contributed by atoms with Gasteiger partial charge in [0.1, 0.15) is 31.0 Å². The predicted octanol–water partition coefficient (Wildman–Crippen LogP) is 20.8. The van der Waals surface area contributed by atoms with Crippen molar-refractivity contribution in [2.75, 3.05) is 61.9 Å². The summed E-state index contributed by atoms with van der Waals surface area (Å²) < 4.78 is 127. The average Bonchev–Trinajstić information content (AvgIpc) is 1.64. The van der Waals surface area contributed by atoms with E-state index in [1.807, 2.05) is 140 Å². The van der Waals surface area contributed by atoms with E-state index in [0.717, 1.165) is 184 Å². The molecule has 0 saturated carbocycles. The highest BCUT2D eigenvalue weighted by Crippen LogP contribution is 2.38. The predicted molar refractivity (Wildman–Crippen MR) is 522 cm³/mol. The maximum absolute atomic E-state index is 13.8. The molecule has 7 N–H and O–H groups in total. The number of carbonyl (C=O) groups excluding carboxylic acids is 1. The van der Waals surface area contributed by atoms with Gasteiger partial charge in [0.05, 0.1) is 58.5 Å². The smallest absolute Gasteiger partial charge is 0.274 e. The Balaban J connectivity index is 0.000000157. The molecule has 16 rings (SSSR count). The normalized spacial score (nSPS) is 13.6. The Morgan fingerprint density at radius 3 is 1.31 bits per heavy atom. The number of aromatic nitrogens is 10. The standard InChI is InChI=1S/C27H33N3O4.C22H22F3N3O2.C22H20F3N3O.C18H21ClN2O4.C16H19N3O2/c1-18-14-20(3)24(15-19(18)2)29-27-28-22(8-11-26-32-12-5-13-33-26)16-25(30-27)34-17-21-6-9-23(31-4)10-7-21;1-11-6-13(3)18(7-12(11)2)27-22-26-15(10-20(30)28-22)4-5-19(29)14-8-16(23)21(25)17(24)9-14;1-11-6-13(3)18(7-12(11)2)26-22-27-20(29)10-15-4-5-19(28(15)22)14-8-16(23)21(25)17(24)9-14;1-22-15-6-3-13(4-7-15)12-25-16-11-14(20-18(19)21-16)5-8-17-23-9-2-10-24-17;1-10-7-12(3)14(8-11(10)2)18-16-17-13(5-4-6-20)9-15(21)19-16/h6-7,9-10,14-16,26H,5,8,11-13,17H2,1-4H3,(H,28,29,30);6-10,19,29H,4-5H2,1-3H3,(H2,26,27,28,30);6-10,19H,4-5H2,1-3H3,(H,26,27,29);3-4,6-7,11,17H,2,5,8-10,12H2,1H3;6-9H,4-5H2,1-3H3,(H2,17,18,19,21). The topological polar surface area (TPSA) is 337 Å². The Hall–Kier alpha value is -13.7. The van der Waals surface area contributed by atoms with E-state index >= 15 is 0 Å². The lowest BCUT2D eigenvalue weighted by molar-refractivity contribution is -0.181. The largest absolute Gasteiger partial charge is 0.497 e. The van der Waals surface area contributed by atoms with Gasteiger partial charge in [-0.1, -0.05) is 48.5 Å². The van der Waals surface area contributed by atoms with Crippen LogP contribution in [0.1, 0.15) is 175 Å². The molecule has 5 aromatic heterocycles. The number of fused-ring (bicyclic) bond motifs is 1. The van der Waals surface area contributed by atoms with Crippen molar-refractivity contribution in [3.8, 4) is 23.3 Å². The third-order valence-corrected chi connectivity index (χ3v) is 23.8. The molecule has 2 unspecified atom stereocenters. The van der Waals surface area contributed by atoms with E-state index < -0.39 is 52.6 Å². The number of H-pyrrole nitrogens is 2. The first-order valence-electron chi connectivity index (χ1n) is 45.6. The SMILES string of the molecule is COc1ccc(COc2cc(CCC3OCCCO3)nc(Cl)n2)cc1.COc1ccc(COc2cc(CCC3OCCCO3)nc(Nc3cc(C)c(C)cc3C)n2)cc1.Cc1cc(C)c(Nc2nc(=O)cc3n2C(c2cc(F)c(F)c(F)c2)CC3)cc1C.Cc1cc(C)c(Nc2nc(CCC(O)c3cc(F)c(F)c(F)c3)cc(=O)[nH]2)cc1C.Cc1cc(C)c(Nc2nc(CCC=O)cc(=O)[nH]2)cc1C. The summed E-state index contributed by atoms with van der Waals surface area (Å²) in [4.78, 5) is 82.0. The summed E-state index contributed by atoms with van der Waals surface area (Å²) in [6.45, 7) is 28.0. The molecule has 27 nitrogen and oxygen atoms in total. The second kappa shape index (κ2) is 49.5. The number of nitrogens with zero attached hydrogens (tertiary/aromatic N) is 8. The minimum Gasteiger partial charge on any atom is -0.497 e. The lowest BCUT2D eigenvalue weighted by Gasteiger charge is -2.23. The average molecular weight is 1930 g/mol. The van der Waals surface area contributed by atoms with E-state index in [2.05, 4.69) is 107 Å². The highest BCUT2D eigenvalue weighted by Gasteiger charge is 2.30. The Labute approximate surface area is 807 Å². The van der Waals surface area contributed by atoms with Gasteiger partial charge in [-0.05, 0) is 314 Å². The fourth-order valence-corrected chi connectivity index (χ4v) is 15.6. The first-order chi connectivity index (χ1) is 66.6.